The Morgan fingerprint density at radius 3 is 2.28 bits per heavy atom. The number of guanidine groups is 1. The van der Waals surface area contributed by atoms with E-state index in [4.69, 9.17) is 5.73 Å². The smallest absolute Gasteiger partial charge is 0.189 e. The zero-order valence-electron chi connectivity index (χ0n) is 12.0. The fourth-order valence-corrected chi connectivity index (χ4v) is 3.20. The van der Waals surface area contributed by atoms with Crippen molar-refractivity contribution in [1.29, 1.82) is 0 Å². The molecule has 2 rings (SSSR count). The standard InChI is InChI=1S/C15H29N3/c1-15(2)10-8-13(9-11-15)18-14(16)17-12-6-4-3-5-7-12/h12-13H,3-11H2,1-2H3,(H3,16,17,18). The average Bonchev–Trinajstić information content (AvgIpc) is 2.33. The molecule has 0 atom stereocenters. The first-order valence-electron chi connectivity index (χ1n) is 7.65. The van der Waals surface area contributed by atoms with Crippen LogP contribution in [0.4, 0.5) is 0 Å². The van der Waals surface area contributed by atoms with Gasteiger partial charge >= 0.3 is 0 Å². The highest BCUT2D eigenvalue weighted by molar-refractivity contribution is 5.78. The predicted octanol–water partition coefficient (Wildman–Crippen LogP) is 3.19. The molecule has 0 aromatic rings. The van der Waals surface area contributed by atoms with Crippen molar-refractivity contribution in [3.05, 3.63) is 0 Å². The number of nitrogens with one attached hydrogen (secondary N) is 1. The Bertz CT molecular complexity index is 280. The molecule has 2 aliphatic rings. The molecule has 104 valence electrons. The second kappa shape index (κ2) is 5.94. The van der Waals surface area contributed by atoms with Gasteiger partial charge in [-0.2, -0.15) is 0 Å². The maximum atomic E-state index is 6.04. The maximum Gasteiger partial charge on any atom is 0.189 e. The third-order valence-corrected chi connectivity index (χ3v) is 4.59. The summed E-state index contributed by atoms with van der Waals surface area (Å²) in [5, 5.41) is 3.41. The van der Waals surface area contributed by atoms with Crippen LogP contribution in [0.25, 0.3) is 0 Å². The number of rotatable bonds is 2. The lowest BCUT2D eigenvalue weighted by molar-refractivity contribution is 0.226. The molecule has 0 heterocycles. The molecular formula is C15H29N3. The van der Waals surface area contributed by atoms with Crippen molar-refractivity contribution in [2.45, 2.75) is 83.7 Å². The zero-order chi connectivity index (χ0) is 13.0. The van der Waals surface area contributed by atoms with E-state index in [0.717, 1.165) is 0 Å². The molecular weight excluding hydrogens is 222 g/mol. The molecule has 2 aliphatic carbocycles. The summed E-state index contributed by atoms with van der Waals surface area (Å²) < 4.78 is 0. The monoisotopic (exact) mass is 251 g/mol. The quantitative estimate of drug-likeness (QED) is 0.585. The van der Waals surface area contributed by atoms with Crippen LogP contribution in [-0.4, -0.2) is 18.0 Å². The molecule has 0 amide bonds. The molecule has 18 heavy (non-hydrogen) atoms. The summed E-state index contributed by atoms with van der Waals surface area (Å²) >= 11 is 0. The van der Waals surface area contributed by atoms with E-state index in [1.54, 1.807) is 0 Å². The summed E-state index contributed by atoms with van der Waals surface area (Å²) in [7, 11) is 0. The van der Waals surface area contributed by atoms with Crippen molar-refractivity contribution in [2.24, 2.45) is 16.1 Å². The third-order valence-electron chi connectivity index (χ3n) is 4.59. The Morgan fingerprint density at radius 1 is 1.06 bits per heavy atom. The number of hydrogen-bond acceptors (Lipinski definition) is 1. The minimum atomic E-state index is 0.453. The van der Waals surface area contributed by atoms with E-state index in [-0.39, 0.29) is 0 Å². The fraction of sp³-hybridized carbons (Fsp3) is 0.933. The van der Waals surface area contributed by atoms with E-state index in [2.05, 4.69) is 24.2 Å². The fourth-order valence-electron chi connectivity index (χ4n) is 3.20. The number of nitrogens with zero attached hydrogens (tertiary/aromatic N) is 1. The number of nitrogens with two attached hydrogens (primary N) is 1. The Kier molecular flexibility index (Phi) is 4.52. The number of aliphatic imine (C=N–C) groups is 1. The van der Waals surface area contributed by atoms with Gasteiger partial charge in [0.25, 0.3) is 0 Å². The Hall–Kier alpha value is -0.730. The second-order valence-electron chi connectivity index (χ2n) is 6.89. The van der Waals surface area contributed by atoms with E-state index < -0.39 is 0 Å². The topological polar surface area (TPSA) is 50.4 Å². The molecule has 0 unspecified atom stereocenters. The van der Waals surface area contributed by atoms with Crippen molar-refractivity contribution < 1.29 is 0 Å². The largest absolute Gasteiger partial charge is 0.370 e. The van der Waals surface area contributed by atoms with Crippen LogP contribution in [0, 0.1) is 5.41 Å². The Morgan fingerprint density at radius 2 is 1.67 bits per heavy atom. The average molecular weight is 251 g/mol. The molecule has 0 saturated heterocycles. The van der Waals surface area contributed by atoms with Crippen LogP contribution in [0.2, 0.25) is 0 Å². The summed E-state index contributed by atoms with van der Waals surface area (Å²) in [5.41, 5.74) is 6.55. The van der Waals surface area contributed by atoms with E-state index in [9.17, 15) is 0 Å². The van der Waals surface area contributed by atoms with Crippen LogP contribution in [0.1, 0.15) is 71.6 Å². The first-order chi connectivity index (χ1) is 8.55. The van der Waals surface area contributed by atoms with Crippen LogP contribution < -0.4 is 11.1 Å². The van der Waals surface area contributed by atoms with Gasteiger partial charge in [-0.05, 0) is 43.9 Å². The Labute approximate surface area is 112 Å². The highest BCUT2D eigenvalue weighted by Crippen LogP contribution is 2.36. The van der Waals surface area contributed by atoms with Crippen molar-refractivity contribution in [3.63, 3.8) is 0 Å². The second-order valence-corrected chi connectivity index (χ2v) is 6.89. The van der Waals surface area contributed by atoms with Gasteiger partial charge in [-0.1, -0.05) is 33.1 Å². The Balaban J connectivity index is 1.77. The van der Waals surface area contributed by atoms with E-state index >= 15 is 0 Å². The first kappa shape index (κ1) is 13.7. The minimum Gasteiger partial charge on any atom is -0.370 e. The molecule has 3 N–H and O–H groups in total. The lowest BCUT2D eigenvalue weighted by Crippen LogP contribution is -2.42. The third kappa shape index (κ3) is 4.18. The molecule has 0 aliphatic heterocycles. The summed E-state index contributed by atoms with van der Waals surface area (Å²) in [5.74, 6) is 0.687. The lowest BCUT2D eigenvalue weighted by Gasteiger charge is -2.33. The van der Waals surface area contributed by atoms with Crippen molar-refractivity contribution in [2.75, 3.05) is 0 Å². The summed E-state index contributed by atoms with van der Waals surface area (Å²) in [6.45, 7) is 4.72. The van der Waals surface area contributed by atoms with Crippen LogP contribution in [0.3, 0.4) is 0 Å². The van der Waals surface area contributed by atoms with Crippen LogP contribution in [0.15, 0.2) is 4.99 Å². The van der Waals surface area contributed by atoms with Gasteiger partial charge in [-0.15, -0.1) is 0 Å². The summed E-state index contributed by atoms with van der Waals surface area (Å²) in [4.78, 5) is 4.68. The molecule has 2 saturated carbocycles. The van der Waals surface area contributed by atoms with Crippen molar-refractivity contribution in [3.8, 4) is 0 Å². The number of hydrogen-bond donors (Lipinski definition) is 2. The van der Waals surface area contributed by atoms with Gasteiger partial charge in [0.05, 0.1) is 6.04 Å². The highest BCUT2D eigenvalue weighted by Gasteiger charge is 2.26. The molecule has 2 fully saturated rings. The van der Waals surface area contributed by atoms with E-state index in [1.165, 1.54) is 57.8 Å². The lowest BCUT2D eigenvalue weighted by atomic mass is 9.76. The molecule has 0 spiro atoms. The minimum absolute atomic E-state index is 0.453. The normalized spacial score (nSPS) is 27.1. The van der Waals surface area contributed by atoms with Crippen LogP contribution in [0.5, 0.6) is 0 Å². The van der Waals surface area contributed by atoms with Crippen molar-refractivity contribution in [1.82, 2.24) is 5.32 Å². The zero-order valence-corrected chi connectivity index (χ0v) is 12.0. The summed E-state index contributed by atoms with van der Waals surface area (Å²) in [6, 6.07) is 1.02. The van der Waals surface area contributed by atoms with Gasteiger partial charge in [-0.3, -0.25) is 4.99 Å². The highest BCUT2D eigenvalue weighted by atomic mass is 15.1. The molecule has 3 nitrogen and oxygen atoms in total. The predicted molar refractivity (Wildman–Crippen MR) is 77.7 cm³/mol. The molecule has 0 radical (unpaired) electrons. The van der Waals surface area contributed by atoms with Crippen LogP contribution >= 0.6 is 0 Å². The first-order valence-corrected chi connectivity index (χ1v) is 7.65. The maximum absolute atomic E-state index is 6.04. The van der Waals surface area contributed by atoms with Gasteiger partial charge in [0.15, 0.2) is 5.96 Å². The SMILES string of the molecule is CC1(C)CCC(N=C(N)NC2CCCCC2)CC1. The van der Waals surface area contributed by atoms with Gasteiger partial charge < -0.3 is 11.1 Å². The van der Waals surface area contributed by atoms with Gasteiger partial charge in [0.1, 0.15) is 0 Å². The van der Waals surface area contributed by atoms with Gasteiger partial charge in [0, 0.05) is 6.04 Å². The van der Waals surface area contributed by atoms with Gasteiger partial charge in [0.2, 0.25) is 0 Å². The molecule has 0 aromatic heterocycles. The van der Waals surface area contributed by atoms with E-state index in [1.807, 2.05) is 0 Å². The summed E-state index contributed by atoms with van der Waals surface area (Å²) in [6.07, 6.45) is 11.5. The molecule has 3 heteroatoms. The van der Waals surface area contributed by atoms with Crippen LogP contribution in [-0.2, 0) is 0 Å². The van der Waals surface area contributed by atoms with Gasteiger partial charge in [-0.25, -0.2) is 0 Å². The van der Waals surface area contributed by atoms with E-state index in [0.29, 0.717) is 23.5 Å². The molecule has 0 aromatic carbocycles. The molecule has 0 bridgehead atoms. The van der Waals surface area contributed by atoms with Crippen molar-refractivity contribution >= 4 is 5.96 Å².